The maximum absolute atomic E-state index is 5.71. The highest BCUT2D eigenvalue weighted by Gasteiger charge is 2.10. The fraction of sp³-hybridized carbons (Fsp3) is 0.867. The zero-order valence-electron chi connectivity index (χ0n) is 11.9. The third-order valence-electron chi connectivity index (χ3n) is 2.49. The third-order valence-corrected chi connectivity index (χ3v) is 2.49. The van der Waals surface area contributed by atoms with E-state index in [0.29, 0.717) is 6.61 Å². The van der Waals surface area contributed by atoms with Crippen LogP contribution in [0.1, 0.15) is 66.2 Å². The van der Waals surface area contributed by atoms with Gasteiger partial charge in [-0.05, 0) is 33.6 Å². The summed E-state index contributed by atoms with van der Waals surface area (Å²) >= 11 is 0. The molecule has 0 aromatic heterocycles. The highest BCUT2D eigenvalue weighted by Crippen LogP contribution is 2.12. The van der Waals surface area contributed by atoms with Gasteiger partial charge in [0, 0.05) is 0 Å². The zero-order valence-corrected chi connectivity index (χ0v) is 11.9. The lowest BCUT2D eigenvalue weighted by atomic mass is 10.1. The zero-order chi connectivity index (χ0) is 12.9. The Morgan fingerprint density at radius 3 is 2.35 bits per heavy atom. The van der Waals surface area contributed by atoms with E-state index >= 15 is 0 Å². The van der Waals surface area contributed by atoms with E-state index in [1.807, 2.05) is 20.8 Å². The van der Waals surface area contributed by atoms with E-state index in [-0.39, 0.29) is 12.4 Å². The van der Waals surface area contributed by atoms with E-state index in [0.717, 1.165) is 6.42 Å². The van der Waals surface area contributed by atoms with Crippen LogP contribution in [-0.4, -0.2) is 19.0 Å². The van der Waals surface area contributed by atoms with Crippen LogP contribution in [0, 0.1) is 11.8 Å². The van der Waals surface area contributed by atoms with Gasteiger partial charge in [0.15, 0.2) is 6.29 Å². The molecule has 1 unspecified atom stereocenters. The lowest BCUT2D eigenvalue weighted by Crippen LogP contribution is -2.21. The van der Waals surface area contributed by atoms with Crippen molar-refractivity contribution in [2.75, 3.05) is 6.61 Å². The fourth-order valence-electron chi connectivity index (χ4n) is 1.62. The van der Waals surface area contributed by atoms with Crippen LogP contribution in [0.15, 0.2) is 0 Å². The van der Waals surface area contributed by atoms with Gasteiger partial charge in [-0.15, -0.1) is 5.92 Å². The highest BCUT2D eigenvalue weighted by molar-refractivity contribution is 4.94. The first-order chi connectivity index (χ1) is 8.20. The van der Waals surface area contributed by atoms with Gasteiger partial charge in [-0.25, -0.2) is 0 Å². The Bertz CT molecular complexity index is 213. The van der Waals surface area contributed by atoms with Crippen molar-refractivity contribution in [3.8, 4) is 11.8 Å². The van der Waals surface area contributed by atoms with Crippen molar-refractivity contribution < 1.29 is 9.47 Å². The molecule has 2 nitrogen and oxygen atoms in total. The lowest BCUT2D eigenvalue weighted by Gasteiger charge is -2.19. The van der Waals surface area contributed by atoms with E-state index in [2.05, 4.69) is 18.8 Å². The summed E-state index contributed by atoms with van der Waals surface area (Å²) in [5.74, 6) is 5.74. The molecule has 1 atom stereocenters. The van der Waals surface area contributed by atoms with E-state index in [9.17, 15) is 0 Å². The first-order valence-corrected chi connectivity index (χ1v) is 6.87. The Balaban J connectivity index is 3.71. The number of unbranched alkanes of at least 4 members (excludes halogenated alkanes) is 4. The fourth-order valence-corrected chi connectivity index (χ4v) is 1.62. The summed E-state index contributed by atoms with van der Waals surface area (Å²) in [5, 5.41) is 0. The van der Waals surface area contributed by atoms with Crippen molar-refractivity contribution in [3.63, 3.8) is 0 Å². The molecule has 0 saturated carbocycles. The van der Waals surface area contributed by atoms with Gasteiger partial charge in [0.25, 0.3) is 0 Å². The van der Waals surface area contributed by atoms with Gasteiger partial charge in [0.2, 0.25) is 0 Å². The number of rotatable bonds is 10. The quantitative estimate of drug-likeness (QED) is 0.324. The Hall–Kier alpha value is -0.520. The lowest BCUT2D eigenvalue weighted by molar-refractivity contribution is -0.158. The molecule has 0 heterocycles. The minimum absolute atomic E-state index is 0.0857. The van der Waals surface area contributed by atoms with Crippen LogP contribution >= 0.6 is 0 Å². The van der Waals surface area contributed by atoms with E-state index in [1.165, 1.54) is 32.1 Å². The van der Waals surface area contributed by atoms with Gasteiger partial charge in [-0.1, -0.05) is 38.5 Å². The normalized spacial score (nSPS) is 12.3. The van der Waals surface area contributed by atoms with Crippen molar-refractivity contribution in [3.05, 3.63) is 0 Å². The maximum atomic E-state index is 5.71. The van der Waals surface area contributed by atoms with Gasteiger partial charge >= 0.3 is 0 Å². The van der Waals surface area contributed by atoms with Crippen LogP contribution in [0.3, 0.4) is 0 Å². The molecule has 0 bridgehead atoms. The molecule has 0 aliphatic heterocycles. The molecule has 0 aromatic rings. The summed E-state index contributed by atoms with van der Waals surface area (Å²) in [7, 11) is 0. The molecule has 0 aromatic carbocycles. The highest BCUT2D eigenvalue weighted by atomic mass is 16.7. The van der Waals surface area contributed by atoms with Crippen LogP contribution in [0.25, 0.3) is 0 Å². The molecule has 0 saturated heterocycles. The van der Waals surface area contributed by atoms with Crippen molar-refractivity contribution >= 4 is 0 Å². The Kier molecular flexibility index (Phi) is 11.6. The average molecular weight is 240 g/mol. The Morgan fingerprint density at radius 2 is 1.76 bits per heavy atom. The molecule has 0 fully saturated rings. The molecule has 0 spiro atoms. The minimum Gasteiger partial charge on any atom is -0.350 e. The van der Waals surface area contributed by atoms with Gasteiger partial charge in [0.1, 0.15) is 6.61 Å². The summed E-state index contributed by atoms with van der Waals surface area (Å²) in [6, 6.07) is 0. The molecule has 0 amide bonds. The van der Waals surface area contributed by atoms with Gasteiger partial charge < -0.3 is 9.47 Å². The first kappa shape index (κ1) is 16.5. The summed E-state index contributed by atoms with van der Waals surface area (Å²) in [6.45, 7) is 8.62. The molecule has 0 N–H and O–H groups in total. The second-order valence-electron chi connectivity index (χ2n) is 4.56. The third kappa shape index (κ3) is 11.7. The second kappa shape index (κ2) is 12.0. The molecular formula is C15H28O2. The molecule has 0 rings (SSSR count). The second-order valence-corrected chi connectivity index (χ2v) is 4.56. The van der Waals surface area contributed by atoms with Crippen molar-refractivity contribution in [2.24, 2.45) is 0 Å². The number of hydrogen-bond acceptors (Lipinski definition) is 2. The van der Waals surface area contributed by atoms with E-state index in [1.54, 1.807) is 0 Å². The monoisotopic (exact) mass is 240 g/mol. The van der Waals surface area contributed by atoms with Crippen LogP contribution in [0.4, 0.5) is 0 Å². The molecule has 17 heavy (non-hydrogen) atoms. The Labute approximate surface area is 107 Å². The smallest absolute Gasteiger partial charge is 0.159 e. The number of ether oxygens (including phenoxy) is 2. The largest absolute Gasteiger partial charge is 0.350 e. The van der Waals surface area contributed by atoms with Crippen molar-refractivity contribution in [1.29, 1.82) is 0 Å². The molecule has 0 aliphatic rings. The van der Waals surface area contributed by atoms with Crippen LogP contribution in [0.5, 0.6) is 0 Å². The molecule has 100 valence electrons. The first-order valence-electron chi connectivity index (χ1n) is 6.87. The Morgan fingerprint density at radius 1 is 1.06 bits per heavy atom. The van der Waals surface area contributed by atoms with Gasteiger partial charge in [-0.2, -0.15) is 0 Å². The minimum atomic E-state index is -0.0857. The van der Waals surface area contributed by atoms with Crippen LogP contribution in [0.2, 0.25) is 0 Å². The van der Waals surface area contributed by atoms with E-state index in [4.69, 9.17) is 9.47 Å². The predicted octanol–water partition coefficient (Wildman–Crippen LogP) is 4.14. The van der Waals surface area contributed by atoms with Crippen molar-refractivity contribution in [1.82, 2.24) is 0 Å². The molecule has 2 heteroatoms. The molecular weight excluding hydrogens is 212 g/mol. The maximum Gasteiger partial charge on any atom is 0.159 e. The average Bonchev–Trinajstić information content (AvgIpc) is 2.28. The van der Waals surface area contributed by atoms with Gasteiger partial charge in [-0.3, -0.25) is 0 Å². The van der Waals surface area contributed by atoms with Crippen LogP contribution in [-0.2, 0) is 9.47 Å². The summed E-state index contributed by atoms with van der Waals surface area (Å²) in [4.78, 5) is 0. The van der Waals surface area contributed by atoms with E-state index < -0.39 is 0 Å². The predicted molar refractivity (Wildman–Crippen MR) is 72.8 cm³/mol. The topological polar surface area (TPSA) is 18.5 Å². The molecule has 0 aliphatic carbocycles. The number of hydrogen-bond donors (Lipinski definition) is 0. The summed E-state index contributed by atoms with van der Waals surface area (Å²) in [6.07, 6.45) is 7.49. The summed E-state index contributed by atoms with van der Waals surface area (Å²) < 4.78 is 11.3. The van der Waals surface area contributed by atoms with Crippen LogP contribution < -0.4 is 0 Å². The van der Waals surface area contributed by atoms with Crippen molar-refractivity contribution in [2.45, 2.75) is 78.6 Å². The summed E-state index contributed by atoms with van der Waals surface area (Å²) in [5.41, 5.74) is 0. The molecule has 0 radical (unpaired) electrons. The SMILES string of the molecule is CC#CCOC(CCCCCCC)OC(C)C. The van der Waals surface area contributed by atoms with Gasteiger partial charge in [0.05, 0.1) is 6.10 Å². The standard InChI is InChI=1S/C15H28O2/c1-5-7-9-10-11-12-15(17-14(3)4)16-13-8-6-2/h14-15H,5,7,9-13H2,1-4H3.